The molecule has 0 atom stereocenters. The molecule has 0 spiro atoms. The smallest absolute Gasteiger partial charge is 0.145 e. The average Bonchev–Trinajstić information content (AvgIpc) is 3.49. The highest BCUT2D eigenvalue weighted by atomic mass is 32.1. The number of nitrogens with zero attached hydrogens (tertiary/aromatic N) is 3. The van der Waals surface area contributed by atoms with Crippen LogP contribution in [0.1, 0.15) is 0 Å². The lowest BCUT2D eigenvalue weighted by Gasteiger charge is -2.03. The van der Waals surface area contributed by atoms with E-state index in [1.54, 1.807) is 0 Å². The number of hydrogen-bond acceptors (Lipinski definition) is 2. The zero-order valence-corrected chi connectivity index (χ0v) is 16.2. The first-order valence-corrected chi connectivity index (χ1v) is 10.5. The quantitative estimate of drug-likeness (QED) is 0.303. The molecule has 0 saturated carbocycles. The van der Waals surface area contributed by atoms with Gasteiger partial charge < -0.3 is 4.57 Å². The summed E-state index contributed by atoms with van der Waals surface area (Å²) in [5.41, 5.74) is 3.50. The van der Waals surface area contributed by atoms with Crippen molar-refractivity contribution in [2.45, 2.75) is 0 Å². The number of aromatic nitrogens is 3. The van der Waals surface area contributed by atoms with Crippen LogP contribution in [0.25, 0.3) is 53.4 Å². The molecule has 0 amide bonds. The molecule has 0 radical (unpaired) electrons. The van der Waals surface area contributed by atoms with Gasteiger partial charge in [0.05, 0.1) is 11.0 Å². The zero-order valence-electron chi connectivity index (χ0n) is 15.4. The molecule has 7 aromatic rings. The van der Waals surface area contributed by atoms with Crippen molar-refractivity contribution in [2.24, 2.45) is 0 Å². The fraction of sp³-hybridized carbons (Fsp3) is 0. The molecule has 0 N–H and O–H groups in total. The van der Waals surface area contributed by atoms with Gasteiger partial charge in [0.25, 0.3) is 0 Å². The lowest BCUT2D eigenvalue weighted by Crippen LogP contribution is -1.89. The molecule has 0 bridgehead atoms. The summed E-state index contributed by atoms with van der Waals surface area (Å²) in [5.74, 6) is 0. The Morgan fingerprint density at radius 2 is 1.28 bits per heavy atom. The second-order valence-electron chi connectivity index (χ2n) is 7.34. The molecule has 4 aromatic heterocycles. The number of rotatable bonds is 1. The summed E-state index contributed by atoms with van der Waals surface area (Å²) >= 11 is 1.82. The maximum Gasteiger partial charge on any atom is 0.145 e. The van der Waals surface area contributed by atoms with Gasteiger partial charge in [0.1, 0.15) is 15.5 Å². The Bertz CT molecular complexity index is 1660. The minimum absolute atomic E-state index is 1.02. The van der Waals surface area contributed by atoms with Crippen LogP contribution in [0.5, 0.6) is 0 Å². The maximum absolute atomic E-state index is 4.63. The van der Waals surface area contributed by atoms with E-state index in [1.807, 2.05) is 17.5 Å². The van der Waals surface area contributed by atoms with Gasteiger partial charge in [-0.2, -0.15) is 0 Å². The molecule has 0 aliphatic carbocycles. The van der Waals surface area contributed by atoms with Crippen molar-refractivity contribution < 1.29 is 0 Å². The minimum Gasteiger partial charge on any atom is -0.301 e. The van der Waals surface area contributed by atoms with Gasteiger partial charge in [0, 0.05) is 33.9 Å². The zero-order chi connectivity index (χ0) is 18.9. The molecule has 7 rings (SSSR count). The number of para-hydroxylation sites is 2. The highest BCUT2D eigenvalue weighted by Crippen LogP contribution is 2.39. The van der Waals surface area contributed by atoms with Crippen LogP contribution >= 0.6 is 11.3 Å². The van der Waals surface area contributed by atoms with Crippen LogP contribution in [-0.2, 0) is 0 Å². The van der Waals surface area contributed by atoms with Crippen LogP contribution in [-0.4, -0.2) is 14.0 Å². The predicted octanol–water partition coefficient (Wildman–Crippen LogP) is 6.80. The fourth-order valence-electron chi connectivity index (χ4n) is 4.59. The Kier molecular flexibility index (Phi) is 2.88. The summed E-state index contributed by atoms with van der Waals surface area (Å²) in [6, 6.07) is 28.2. The minimum atomic E-state index is 1.02. The standard InChI is InChI=1S/C25H15N3S/c1-2-10-19-16(7-1)20-15-23(29-25(20)27-14-13-26-24(19)27)28-21-11-5-3-8-17(21)18-9-4-6-12-22(18)28/h1-15H. The maximum atomic E-state index is 4.63. The molecular weight excluding hydrogens is 374 g/mol. The Balaban J connectivity index is 1.69. The normalized spacial score (nSPS) is 12.1. The van der Waals surface area contributed by atoms with Gasteiger partial charge in [-0.05, 0) is 23.6 Å². The molecule has 0 saturated heterocycles. The molecule has 0 aliphatic rings. The van der Waals surface area contributed by atoms with E-state index >= 15 is 0 Å². The summed E-state index contributed by atoms with van der Waals surface area (Å²) in [7, 11) is 0. The van der Waals surface area contributed by atoms with E-state index in [0.29, 0.717) is 0 Å². The van der Waals surface area contributed by atoms with Gasteiger partial charge in [0.15, 0.2) is 0 Å². The predicted molar refractivity (Wildman–Crippen MR) is 122 cm³/mol. The number of hydrogen-bond donors (Lipinski definition) is 0. The lowest BCUT2D eigenvalue weighted by atomic mass is 10.1. The molecule has 0 unspecified atom stereocenters. The Hall–Kier alpha value is -3.63. The van der Waals surface area contributed by atoms with E-state index in [1.165, 1.54) is 47.8 Å². The van der Waals surface area contributed by atoms with Crippen LogP contribution in [0, 0.1) is 0 Å². The fourth-order valence-corrected chi connectivity index (χ4v) is 5.78. The van der Waals surface area contributed by atoms with Crippen molar-refractivity contribution in [1.29, 1.82) is 0 Å². The summed E-state index contributed by atoms with van der Waals surface area (Å²) in [5, 5.41) is 7.52. The lowest BCUT2D eigenvalue weighted by molar-refractivity contribution is 1.22. The van der Waals surface area contributed by atoms with Crippen molar-refractivity contribution in [3.05, 3.63) is 91.3 Å². The first kappa shape index (κ1) is 15.3. The first-order valence-electron chi connectivity index (χ1n) is 9.66. The summed E-state index contributed by atoms with van der Waals surface area (Å²) < 4.78 is 4.62. The third kappa shape index (κ3) is 1.94. The number of pyridine rings is 1. The molecule has 0 fully saturated rings. The van der Waals surface area contributed by atoms with Crippen LogP contribution in [0.4, 0.5) is 0 Å². The number of benzene rings is 3. The number of fused-ring (bicyclic) bond motifs is 9. The SMILES string of the molecule is c1ccc2c(c1)c1cc(-n3c4ccccc4c4ccccc43)sc1n1ccnc21. The van der Waals surface area contributed by atoms with Gasteiger partial charge in [-0.3, -0.25) is 4.40 Å². The molecule has 0 aliphatic heterocycles. The van der Waals surface area contributed by atoms with Gasteiger partial charge in [-0.1, -0.05) is 72.0 Å². The van der Waals surface area contributed by atoms with E-state index in [2.05, 4.69) is 99.0 Å². The van der Waals surface area contributed by atoms with Gasteiger partial charge in [0.2, 0.25) is 0 Å². The Morgan fingerprint density at radius 1 is 0.655 bits per heavy atom. The third-order valence-electron chi connectivity index (χ3n) is 5.82. The van der Waals surface area contributed by atoms with Crippen LogP contribution in [0.3, 0.4) is 0 Å². The topological polar surface area (TPSA) is 22.2 Å². The number of thiophene rings is 1. The molecule has 4 heteroatoms. The van der Waals surface area contributed by atoms with Gasteiger partial charge in [-0.25, -0.2) is 4.98 Å². The average molecular weight is 389 g/mol. The van der Waals surface area contributed by atoms with Crippen molar-refractivity contribution in [3.8, 4) is 5.00 Å². The van der Waals surface area contributed by atoms with Crippen molar-refractivity contribution in [3.63, 3.8) is 0 Å². The highest BCUT2D eigenvalue weighted by molar-refractivity contribution is 7.21. The van der Waals surface area contributed by atoms with Crippen LogP contribution in [0.2, 0.25) is 0 Å². The molecule has 3 aromatic carbocycles. The van der Waals surface area contributed by atoms with E-state index in [-0.39, 0.29) is 0 Å². The van der Waals surface area contributed by atoms with Crippen molar-refractivity contribution in [2.75, 3.05) is 0 Å². The van der Waals surface area contributed by atoms with Gasteiger partial charge in [-0.15, -0.1) is 0 Å². The largest absolute Gasteiger partial charge is 0.301 e. The molecular formula is C25H15N3S. The second-order valence-corrected chi connectivity index (χ2v) is 8.35. The van der Waals surface area contributed by atoms with Crippen LogP contribution in [0.15, 0.2) is 91.3 Å². The second kappa shape index (κ2) is 5.46. The molecule has 3 nitrogen and oxygen atoms in total. The van der Waals surface area contributed by atoms with E-state index < -0.39 is 0 Å². The van der Waals surface area contributed by atoms with E-state index in [0.717, 1.165) is 5.65 Å². The molecule has 29 heavy (non-hydrogen) atoms. The highest BCUT2D eigenvalue weighted by Gasteiger charge is 2.17. The Labute approximate surface area is 170 Å². The van der Waals surface area contributed by atoms with E-state index in [4.69, 9.17) is 0 Å². The summed E-state index contributed by atoms with van der Waals surface area (Å²) in [6.45, 7) is 0. The third-order valence-corrected chi connectivity index (χ3v) is 6.94. The first-order chi connectivity index (χ1) is 14.4. The summed E-state index contributed by atoms with van der Waals surface area (Å²) in [4.78, 5) is 5.86. The monoisotopic (exact) mass is 389 g/mol. The summed E-state index contributed by atoms with van der Waals surface area (Å²) in [6.07, 6.45) is 3.96. The molecule has 136 valence electrons. The molecule has 4 heterocycles. The van der Waals surface area contributed by atoms with E-state index in [9.17, 15) is 0 Å². The Morgan fingerprint density at radius 3 is 2.00 bits per heavy atom. The van der Waals surface area contributed by atoms with Crippen LogP contribution < -0.4 is 0 Å². The van der Waals surface area contributed by atoms with Crippen molar-refractivity contribution >= 4 is 59.8 Å². The van der Waals surface area contributed by atoms with Gasteiger partial charge >= 0.3 is 0 Å². The number of imidazole rings is 1. The van der Waals surface area contributed by atoms with Crippen molar-refractivity contribution in [1.82, 2.24) is 14.0 Å².